The van der Waals surface area contributed by atoms with Crippen LogP contribution in [0.2, 0.25) is 0 Å². The van der Waals surface area contributed by atoms with E-state index in [1.165, 1.54) is 6.42 Å². The second-order valence-corrected chi connectivity index (χ2v) is 5.85. The quantitative estimate of drug-likeness (QED) is 0.646. The van der Waals surface area contributed by atoms with E-state index in [2.05, 4.69) is 13.2 Å². The molecule has 0 heterocycles. The maximum Gasteiger partial charge on any atom is 0.0716 e. The van der Waals surface area contributed by atoms with Crippen molar-refractivity contribution in [2.24, 2.45) is 0 Å². The zero-order valence-electron chi connectivity index (χ0n) is 11.5. The van der Waals surface area contributed by atoms with E-state index in [0.717, 1.165) is 38.5 Å². The number of rotatable bonds is 8. The minimum atomic E-state index is -0.714. The van der Waals surface area contributed by atoms with Gasteiger partial charge in [-0.2, -0.15) is 0 Å². The molecule has 1 saturated carbocycles. The molecule has 0 spiro atoms. The fraction of sp³-hybridized carbons (Fsp3) is 0.750. The van der Waals surface area contributed by atoms with Crippen molar-refractivity contribution in [1.29, 1.82) is 0 Å². The van der Waals surface area contributed by atoms with Crippen molar-refractivity contribution in [3.63, 3.8) is 0 Å². The summed E-state index contributed by atoms with van der Waals surface area (Å²) >= 11 is 0. The van der Waals surface area contributed by atoms with Gasteiger partial charge in [-0.05, 0) is 44.9 Å². The van der Waals surface area contributed by atoms with Gasteiger partial charge < -0.3 is 10.2 Å². The van der Waals surface area contributed by atoms with Gasteiger partial charge >= 0.3 is 0 Å². The predicted molar refractivity (Wildman–Crippen MR) is 76.5 cm³/mol. The standard InChI is InChI=1S/C16H28O2/c1-3-9-15(17,10-4-2)13-8-14-16(18)11-6-5-7-12-16/h3-4,17-18H,1-2,5-14H2. The molecule has 0 aromatic rings. The number of hydrogen-bond acceptors (Lipinski definition) is 2. The first kappa shape index (κ1) is 15.5. The van der Waals surface area contributed by atoms with Gasteiger partial charge in [-0.25, -0.2) is 0 Å². The molecule has 2 nitrogen and oxygen atoms in total. The predicted octanol–water partition coefficient (Wildman–Crippen LogP) is 3.74. The average molecular weight is 252 g/mol. The van der Waals surface area contributed by atoms with E-state index in [-0.39, 0.29) is 0 Å². The topological polar surface area (TPSA) is 40.5 Å². The van der Waals surface area contributed by atoms with Crippen LogP contribution in [0.3, 0.4) is 0 Å². The largest absolute Gasteiger partial charge is 0.390 e. The van der Waals surface area contributed by atoms with Crippen molar-refractivity contribution in [1.82, 2.24) is 0 Å². The maximum absolute atomic E-state index is 10.4. The Labute approximate surface area is 111 Å². The van der Waals surface area contributed by atoms with Crippen molar-refractivity contribution in [3.8, 4) is 0 Å². The second kappa shape index (κ2) is 7.10. The molecule has 0 atom stereocenters. The SMILES string of the molecule is C=CCC(O)(CC=C)CCCC1(O)CCCCC1. The summed E-state index contributed by atoms with van der Waals surface area (Å²) in [5.41, 5.74) is -1.18. The molecule has 1 aliphatic carbocycles. The molecular weight excluding hydrogens is 224 g/mol. The fourth-order valence-electron chi connectivity index (χ4n) is 3.03. The molecule has 1 aliphatic rings. The summed E-state index contributed by atoms with van der Waals surface area (Å²) < 4.78 is 0. The average Bonchev–Trinajstić information content (AvgIpc) is 2.30. The smallest absolute Gasteiger partial charge is 0.0716 e. The monoisotopic (exact) mass is 252 g/mol. The Morgan fingerprint density at radius 2 is 1.61 bits per heavy atom. The van der Waals surface area contributed by atoms with Gasteiger partial charge in [0.15, 0.2) is 0 Å². The van der Waals surface area contributed by atoms with E-state index in [1.54, 1.807) is 12.2 Å². The molecule has 2 heteroatoms. The van der Waals surface area contributed by atoms with Gasteiger partial charge in [0, 0.05) is 0 Å². The summed E-state index contributed by atoms with van der Waals surface area (Å²) in [6.45, 7) is 7.39. The summed E-state index contributed by atoms with van der Waals surface area (Å²) in [5.74, 6) is 0. The van der Waals surface area contributed by atoms with E-state index in [9.17, 15) is 10.2 Å². The molecule has 0 unspecified atom stereocenters. The maximum atomic E-state index is 10.4. The minimum absolute atomic E-state index is 0.471. The molecule has 0 amide bonds. The summed E-state index contributed by atoms with van der Waals surface area (Å²) in [6.07, 6.45) is 12.5. The molecule has 0 aromatic carbocycles. The molecule has 0 saturated heterocycles. The highest BCUT2D eigenvalue weighted by Crippen LogP contribution is 2.34. The van der Waals surface area contributed by atoms with Gasteiger partial charge in [0.1, 0.15) is 0 Å². The molecule has 1 rings (SSSR count). The molecule has 0 aliphatic heterocycles. The van der Waals surface area contributed by atoms with Crippen LogP contribution in [-0.2, 0) is 0 Å². The van der Waals surface area contributed by atoms with Crippen LogP contribution in [-0.4, -0.2) is 21.4 Å². The van der Waals surface area contributed by atoms with E-state index in [0.29, 0.717) is 19.3 Å². The lowest BCUT2D eigenvalue weighted by atomic mass is 9.79. The van der Waals surface area contributed by atoms with Crippen LogP contribution < -0.4 is 0 Å². The van der Waals surface area contributed by atoms with Gasteiger partial charge in [0.25, 0.3) is 0 Å². The molecular formula is C16H28O2. The number of hydrogen-bond donors (Lipinski definition) is 2. The zero-order chi connectivity index (χ0) is 13.5. The third-order valence-electron chi connectivity index (χ3n) is 4.12. The molecule has 0 aromatic heterocycles. The summed E-state index contributed by atoms with van der Waals surface area (Å²) in [4.78, 5) is 0. The van der Waals surface area contributed by atoms with Crippen molar-refractivity contribution in [3.05, 3.63) is 25.3 Å². The highest BCUT2D eigenvalue weighted by Gasteiger charge is 2.30. The van der Waals surface area contributed by atoms with Crippen LogP contribution in [0.25, 0.3) is 0 Å². The highest BCUT2D eigenvalue weighted by atomic mass is 16.3. The van der Waals surface area contributed by atoms with E-state index < -0.39 is 11.2 Å². The van der Waals surface area contributed by atoms with Crippen molar-refractivity contribution in [2.75, 3.05) is 0 Å². The molecule has 18 heavy (non-hydrogen) atoms. The molecule has 2 N–H and O–H groups in total. The van der Waals surface area contributed by atoms with E-state index in [1.807, 2.05) is 0 Å². The van der Waals surface area contributed by atoms with Crippen LogP contribution in [0.4, 0.5) is 0 Å². The summed E-state index contributed by atoms with van der Waals surface area (Å²) in [7, 11) is 0. The first-order valence-electron chi connectivity index (χ1n) is 7.20. The Morgan fingerprint density at radius 3 is 2.11 bits per heavy atom. The molecule has 0 radical (unpaired) electrons. The lowest BCUT2D eigenvalue weighted by Crippen LogP contribution is -2.33. The van der Waals surface area contributed by atoms with Crippen LogP contribution in [0, 0.1) is 0 Å². The number of aliphatic hydroxyl groups is 2. The Hall–Kier alpha value is -0.600. The van der Waals surface area contributed by atoms with Crippen LogP contribution >= 0.6 is 0 Å². The molecule has 0 bridgehead atoms. The lowest BCUT2D eigenvalue weighted by Gasteiger charge is -2.33. The minimum Gasteiger partial charge on any atom is -0.390 e. The summed E-state index contributed by atoms with van der Waals surface area (Å²) in [6, 6.07) is 0. The summed E-state index contributed by atoms with van der Waals surface area (Å²) in [5, 5.41) is 20.8. The lowest BCUT2D eigenvalue weighted by molar-refractivity contribution is -0.0172. The highest BCUT2D eigenvalue weighted by molar-refractivity contribution is 4.92. The van der Waals surface area contributed by atoms with Crippen LogP contribution in [0.15, 0.2) is 25.3 Å². The third kappa shape index (κ3) is 4.95. The van der Waals surface area contributed by atoms with Gasteiger partial charge in [0.2, 0.25) is 0 Å². The Bertz CT molecular complexity index is 254. The van der Waals surface area contributed by atoms with Crippen LogP contribution in [0.5, 0.6) is 0 Å². The Morgan fingerprint density at radius 1 is 1.06 bits per heavy atom. The van der Waals surface area contributed by atoms with Crippen molar-refractivity contribution in [2.45, 2.75) is 75.4 Å². The van der Waals surface area contributed by atoms with Crippen LogP contribution in [0.1, 0.15) is 64.2 Å². The van der Waals surface area contributed by atoms with Gasteiger partial charge in [-0.3, -0.25) is 0 Å². The van der Waals surface area contributed by atoms with E-state index in [4.69, 9.17) is 0 Å². The molecule has 1 fully saturated rings. The van der Waals surface area contributed by atoms with Gasteiger partial charge in [-0.15, -0.1) is 13.2 Å². The molecule has 104 valence electrons. The Balaban J connectivity index is 2.37. The Kier molecular flexibility index (Phi) is 6.10. The van der Waals surface area contributed by atoms with Gasteiger partial charge in [-0.1, -0.05) is 31.4 Å². The fourth-order valence-corrected chi connectivity index (χ4v) is 3.03. The normalized spacial score (nSPS) is 19.4. The van der Waals surface area contributed by atoms with Gasteiger partial charge in [0.05, 0.1) is 11.2 Å². The third-order valence-corrected chi connectivity index (χ3v) is 4.12. The second-order valence-electron chi connectivity index (χ2n) is 5.85. The van der Waals surface area contributed by atoms with Crippen molar-refractivity contribution >= 4 is 0 Å². The first-order valence-corrected chi connectivity index (χ1v) is 7.20. The van der Waals surface area contributed by atoms with E-state index >= 15 is 0 Å². The zero-order valence-corrected chi connectivity index (χ0v) is 11.5. The van der Waals surface area contributed by atoms with Crippen molar-refractivity contribution < 1.29 is 10.2 Å². The first-order chi connectivity index (χ1) is 8.54.